The minimum absolute atomic E-state index is 0.188. The molecule has 0 aliphatic carbocycles. The minimum Gasteiger partial charge on any atom is -0.391 e. The molecule has 5 aromatic rings. The van der Waals surface area contributed by atoms with Crippen LogP contribution in [0.1, 0.15) is 47.1 Å². The normalized spacial score (nSPS) is 13.2. The highest BCUT2D eigenvalue weighted by Gasteiger charge is 2.26. The zero-order valence-corrected chi connectivity index (χ0v) is 25.2. The van der Waals surface area contributed by atoms with E-state index in [1.54, 1.807) is 17.8 Å². The first kappa shape index (κ1) is 29.4. The Kier molecular flexibility index (Phi) is 8.71. The maximum absolute atomic E-state index is 13.6. The van der Waals surface area contributed by atoms with Crippen LogP contribution >= 0.6 is 11.8 Å². The quantitative estimate of drug-likeness (QED) is 0.178. The van der Waals surface area contributed by atoms with Crippen LogP contribution < -0.4 is 10.6 Å². The molecule has 0 aliphatic heterocycles. The first-order valence-corrected chi connectivity index (χ1v) is 15.1. The van der Waals surface area contributed by atoms with Crippen molar-refractivity contribution in [1.82, 2.24) is 15.2 Å². The average Bonchev–Trinajstić information content (AvgIpc) is 3.35. The summed E-state index contributed by atoms with van der Waals surface area (Å²) in [4.78, 5) is 27.8. The highest BCUT2D eigenvalue weighted by Crippen LogP contribution is 2.26. The third-order valence-corrected chi connectivity index (χ3v) is 8.40. The molecule has 1 heterocycles. The molecule has 1 aromatic heterocycles. The zero-order chi connectivity index (χ0) is 29.9. The molecule has 2 amide bonds. The van der Waals surface area contributed by atoms with E-state index in [4.69, 9.17) is 0 Å². The second-order valence-corrected chi connectivity index (χ2v) is 12.8. The van der Waals surface area contributed by atoms with Gasteiger partial charge in [0.1, 0.15) is 0 Å². The van der Waals surface area contributed by atoms with Gasteiger partial charge in [-0.2, -0.15) is 0 Å². The fourth-order valence-corrected chi connectivity index (χ4v) is 6.19. The zero-order valence-electron chi connectivity index (χ0n) is 24.4. The van der Waals surface area contributed by atoms with E-state index in [-0.39, 0.29) is 18.2 Å². The van der Waals surface area contributed by atoms with Crippen molar-refractivity contribution < 1.29 is 14.7 Å². The number of rotatable bonds is 9. The van der Waals surface area contributed by atoms with Crippen molar-refractivity contribution in [3.05, 3.63) is 114 Å². The molecule has 0 saturated heterocycles. The molecule has 42 heavy (non-hydrogen) atoms. The van der Waals surface area contributed by atoms with E-state index in [0.717, 1.165) is 32.1 Å². The van der Waals surface area contributed by atoms with E-state index in [1.165, 1.54) is 0 Å². The molecule has 0 spiro atoms. The molecule has 0 aliphatic rings. The Bertz CT molecular complexity index is 1740. The van der Waals surface area contributed by atoms with Crippen molar-refractivity contribution in [1.29, 1.82) is 0 Å². The van der Waals surface area contributed by atoms with E-state index < -0.39 is 17.7 Å². The lowest BCUT2D eigenvalue weighted by Crippen LogP contribution is -2.46. The predicted octanol–water partition coefficient (Wildman–Crippen LogP) is 6.35. The molecule has 3 N–H and O–H groups in total. The van der Waals surface area contributed by atoms with Gasteiger partial charge in [0.2, 0.25) is 0 Å². The SMILES string of the molecule is Cn1ccc2c(C(=O)N[C@@H](CSc3ccc4ccccc4c3)[C@H](O)Cc3ccccc3C(=O)NC(C)(C)C)cccc21. The second kappa shape index (κ2) is 12.4. The molecule has 6 nitrogen and oxygen atoms in total. The molecule has 2 atom stereocenters. The molecule has 5 rings (SSSR count). The fraction of sp³-hybridized carbons (Fsp3) is 0.257. The van der Waals surface area contributed by atoms with Gasteiger partial charge >= 0.3 is 0 Å². The van der Waals surface area contributed by atoms with Crippen LogP contribution in [0.5, 0.6) is 0 Å². The third-order valence-electron chi connectivity index (χ3n) is 7.28. The molecule has 0 unspecified atom stereocenters. The highest BCUT2D eigenvalue weighted by molar-refractivity contribution is 7.99. The van der Waals surface area contributed by atoms with Crippen LogP contribution in [-0.4, -0.2) is 44.9 Å². The van der Waals surface area contributed by atoms with Gasteiger partial charge in [0.15, 0.2) is 0 Å². The van der Waals surface area contributed by atoms with Crippen molar-refractivity contribution >= 4 is 45.3 Å². The van der Waals surface area contributed by atoms with Gasteiger partial charge in [-0.25, -0.2) is 0 Å². The summed E-state index contributed by atoms with van der Waals surface area (Å²) in [6.07, 6.45) is 1.22. The number of hydrogen-bond acceptors (Lipinski definition) is 4. The Balaban J connectivity index is 1.41. The number of aliphatic hydroxyl groups excluding tert-OH is 1. The van der Waals surface area contributed by atoms with Crippen molar-refractivity contribution in [2.45, 2.75) is 49.8 Å². The van der Waals surface area contributed by atoms with E-state index in [1.807, 2.05) is 93.2 Å². The number of thioether (sulfide) groups is 1. The number of fused-ring (bicyclic) bond motifs is 2. The number of carbonyl (C=O) groups is 2. The number of nitrogens with one attached hydrogen (secondary N) is 2. The molecule has 216 valence electrons. The van der Waals surface area contributed by atoms with Crippen molar-refractivity contribution in [3.8, 4) is 0 Å². The minimum atomic E-state index is -0.930. The first-order valence-electron chi connectivity index (χ1n) is 14.1. The standard InChI is InChI=1S/C35H37N3O3S/c1-35(2,3)37-34(41)27-13-8-7-12-25(27)21-32(39)30(22-42-26-17-16-23-10-5-6-11-24(23)20-26)36-33(40)29-14-9-15-31-28(29)18-19-38(31)4/h5-20,30,32,39H,21-22H2,1-4H3,(H,36,40)(H,37,41)/t30-,32+/m0/s1. The van der Waals surface area contributed by atoms with Crippen LogP contribution in [0.3, 0.4) is 0 Å². The van der Waals surface area contributed by atoms with Gasteiger partial charge in [0.05, 0.1) is 12.1 Å². The summed E-state index contributed by atoms with van der Waals surface area (Å²) in [6.45, 7) is 5.81. The van der Waals surface area contributed by atoms with Gasteiger partial charge < -0.3 is 20.3 Å². The van der Waals surface area contributed by atoms with Gasteiger partial charge in [-0.3, -0.25) is 9.59 Å². The molecular weight excluding hydrogens is 542 g/mol. The lowest BCUT2D eigenvalue weighted by atomic mass is 9.97. The number of benzene rings is 4. The molecular formula is C35H37N3O3S. The van der Waals surface area contributed by atoms with Crippen LogP contribution in [0.4, 0.5) is 0 Å². The van der Waals surface area contributed by atoms with E-state index in [2.05, 4.69) is 41.0 Å². The number of nitrogens with zero attached hydrogens (tertiary/aromatic N) is 1. The van der Waals surface area contributed by atoms with E-state index >= 15 is 0 Å². The molecule has 0 saturated carbocycles. The van der Waals surface area contributed by atoms with Crippen LogP contribution in [0.15, 0.2) is 102 Å². The molecule has 0 bridgehead atoms. The van der Waals surface area contributed by atoms with Crippen molar-refractivity contribution in [2.24, 2.45) is 7.05 Å². The highest BCUT2D eigenvalue weighted by atomic mass is 32.2. The van der Waals surface area contributed by atoms with Gasteiger partial charge in [-0.05, 0) is 73.5 Å². The Morgan fingerprint density at radius 2 is 1.57 bits per heavy atom. The van der Waals surface area contributed by atoms with Gasteiger partial charge in [-0.15, -0.1) is 11.8 Å². The fourth-order valence-electron chi connectivity index (χ4n) is 5.13. The first-order chi connectivity index (χ1) is 20.1. The largest absolute Gasteiger partial charge is 0.391 e. The van der Waals surface area contributed by atoms with Gasteiger partial charge in [0, 0.05) is 57.9 Å². The maximum Gasteiger partial charge on any atom is 0.252 e. The second-order valence-electron chi connectivity index (χ2n) is 11.7. The van der Waals surface area contributed by atoms with Crippen LogP contribution in [0.2, 0.25) is 0 Å². The summed E-state index contributed by atoms with van der Waals surface area (Å²) in [7, 11) is 1.95. The summed E-state index contributed by atoms with van der Waals surface area (Å²) in [6, 6.07) is 28.8. The van der Waals surface area contributed by atoms with Crippen LogP contribution in [-0.2, 0) is 13.5 Å². The summed E-state index contributed by atoms with van der Waals surface area (Å²) in [5.41, 5.74) is 2.38. The molecule has 0 radical (unpaired) electrons. The average molecular weight is 580 g/mol. The van der Waals surface area contributed by atoms with E-state index in [9.17, 15) is 14.7 Å². The Labute approximate surface area is 251 Å². The lowest BCUT2D eigenvalue weighted by Gasteiger charge is -2.26. The third kappa shape index (κ3) is 6.86. The summed E-state index contributed by atoms with van der Waals surface area (Å²) in [5, 5.41) is 20.9. The van der Waals surface area contributed by atoms with Crippen molar-refractivity contribution in [3.63, 3.8) is 0 Å². The topological polar surface area (TPSA) is 83.4 Å². The Morgan fingerprint density at radius 1 is 0.857 bits per heavy atom. The summed E-state index contributed by atoms with van der Waals surface area (Å²) in [5.74, 6) is 0.0210. The number of hydrogen-bond donors (Lipinski definition) is 3. The monoisotopic (exact) mass is 579 g/mol. The smallest absolute Gasteiger partial charge is 0.252 e. The summed E-state index contributed by atoms with van der Waals surface area (Å²) < 4.78 is 1.98. The predicted molar refractivity (Wildman–Crippen MR) is 172 cm³/mol. The van der Waals surface area contributed by atoms with E-state index in [0.29, 0.717) is 16.9 Å². The number of aliphatic hydroxyl groups is 1. The number of amides is 2. The van der Waals surface area contributed by atoms with Gasteiger partial charge in [0.25, 0.3) is 11.8 Å². The van der Waals surface area contributed by atoms with Gasteiger partial charge in [-0.1, -0.05) is 54.6 Å². The Hall–Kier alpha value is -4.07. The molecule has 4 aromatic carbocycles. The van der Waals surface area contributed by atoms with Crippen LogP contribution in [0, 0.1) is 0 Å². The van der Waals surface area contributed by atoms with Crippen LogP contribution in [0.25, 0.3) is 21.7 Å². The molecule has 7 heteroatoms. The molecule has 0 fully saturated rings. The number of carbonyl (C=O) groups excluding carboxylic acids is 2. The Morgan fingerprint density at radius 3 is 2.36 bits per heavy atom. The maximum atomic E-state index is 13.6. The van der Waals surface area contributed by atoms with Crippen molar-refractivity contribution in [2.75, 3.05) is 5.75 Å². The number of aromatic nitrogens is 1. The summed E-state index contributed by atoms with van der Waals surface area (Å²) >= 11 is 1.59. The number of aryl methyl sites for hydroxylation is 1. The lowest BCUT2D eigenvalue weighted by molar-refractivity contribution is 0.0851.